The van der Waals surface area contributed by atoms with E-state index in [4.69, 9.17) is 0 Å². The van der Waals surface area contributed by atoms with Gasteiger partial charge in [-0.2, -0.15) is 13.2 Å². The number of aromatic nitrogens is 2. The molecule has 0 unspecified atom stereocenters. The van der Waals surface area contributed by atoms with Gasteiger partial charge in [-0.25, -0.2) is 4.98 Å². The number of fused-ring (bicyclic) bond motifs is 1. The Balaban J connectivity index is 1.90. The number of alkyl halides is 3. The minimum Gasteiger partial charge on any atom is -0.341 e. The molecule has 3 aromatic carbocycles. The molecule has 0 atom stereocenters. The summed E-state index contributed by atoms with van der Waals surface area (Å²) in [5, 5.41) is 2.69. The zero-order valence-corrected chi connectivity index (χ0v) is 17.8. The standard InChI is InChI=1S/C27H18F3N3O/c28-27(29,30)21-16-22(18-10-4-1-5-11-18)32-26-25(21)23(34)17-24(31-19-12-6-2-7-13-19)33(26)20-14-8-3-9-15-20/h1-17,31H. The first kappa shape index (κ1) is 21.5. The molecule has 5 aromatic rings. The molecule has 2 aromatic heterocycles. The summed E-state index contributed by atoms with van der Waals surface area (Å²) in [5.74, 6) is 0.306. The van der Waals surface area contributed by atoms with Crippen LogP contribution in [0.15, 0.2) is 108 Å². The van der Waals surface area contributed by atoms with Crippen molar-refractivity contribution >= 4 is 22.5 Å². The summed E-state index contributed by atoms with van der Waals surface area (Å²) in [6, 6.07) is 28.7. The van der Waals surface area contributed by atoms with Gasteiger partial charge in [0.25, 0.3) is 0 Å². The lowest BCUT2D eigenvalue weighted by atomic mass is 10.0. The molecule has 34 heavy (non-hydrogen) atoms. The highest BCUT2D eigenvalue weighted by molar-refractivity contribution is 5.87. The van der Waals surface area contributed by atoms with Crippen LogP contribution in [0.25, 0.3) is 28.0 Å². The summed E-state index contributed by atoms with van der Waals surface area (Å²) in [7, 11) is 0. The number of anilines is 2. The first-order valence-corrected chi connectivity index (χ1v) is 10.5. The molecule has 0 radical (unpaired) electrons. The average molecular weight is 457 g/mol. The highest BCUT2D eigenvalue weighted by Crippen LogP contribution is 2.37. The van der Waals surface area contributed by atoms with Crippen molar-refractivity contribution in [2.75, 3.05) is 5.32 Å². The molecule has 0 aliphatic carbocycles. The number of benzene rings is 3. The molecule has 4 nitrogen and oxygen atoms in total. The van der Waals surface area contributed by atoms with Crippen molar-refractivity contribution in [2.24, 2.45) is 0 Å². The van der Waals surface area contributed by atoms with Crippen LogP contribution >= 0.6 is 0 Å². The predicted octanol–water partition coefficient (Wildman–Crippen LogP) is 6.82. The number of rotatable bonds is 4. The Kier molecular flexibility index (Phi) is 5.37. The molecule has 168 valence electrons. The number of hydrogen-bond donors (Lipinski definition) is 1. The topological polar surface area (TPSA) is 46.9 Å². The van der Waals surface area contributed by atoms with Crippen molar-refractivity contribution < 1.29 is 13.2 Å². The number of pyridine rings is 2. The number of hydrogen-bond acceptors (Lipinski definition) is 3. The largest absolute Gasteiger partial charge is 0.417 e. The van der Waals surface area contributed by atoms with Gasteiger partial charge in [-0.05, 0) is 30.3 Å². The van der Waals surface area contributed by atoms with Crippen LogP contribution in [0.1, 0.15) is 5.56 Å². The maximum atomic E-state index is 14.2. The molecule has 0 saturated carbocycles. The van der Waals surface area contributed by atoms with E-state index in [2.05, 4.69) is 10.3 Å². The predicted molar refractivity (Wildman–Crippen MR) is 128 cm³/mol. The Labute approximate surface area is 193 Å². The highest BCUT2D eigenvalue weighted by atomic mass is 19.4. The number of nitrogens with zero attached hydrogens (tertiary/aromatic N) is 2. The summed E-state index contributed by atoms with van der Waals surface area (Å²) >= 11 is 0. The van der Waals surface area contributed by atoms with Gasteiger partial charge in [0.05, 0.1) is 16.6 Å². The fourth-order valence-corrected chi connectivity index (χ4v) is 3.89. The second kappa shape index (κ2) is 8.51. The van der Waals surface area contributed by atoms with Crippen LogP contribution in [0.3, 0.4) is 0 Å². The van der Waals surface area contributed by atoms with Gasteiger partial charge in [-0.3, -0.25) is 9.36 Å². The Morgan fingerprint density at radius 3 is 1.97 bits per heavy atom. The van der Waals surface area contributed by atoms with Crippen molar-refractivity contribution in [1.82, 2.24) is 9.55 Å². The van der Waals surface area contributed by atoms with Crippen molar-refractivity contribution in [1.29, 1.82) is 0 Å². The van der Waals surface area contributed by atoms with Gasteiger partial charge >= 0.3 is 6.18 Å². The minimum atomic E-state index is -4.74. The van der Waals surface area contributed by atoms with E-state index in [9.17, 15) is 18.0 Å². The van der Waals surface area contributed by atoms with E-state index < -0.39 is 22.6 Å². The minimum absolute atomic E-state index is 0.0780. The molecule has 0 bridgehead atoms. The van der Waals surface area contributed by atoms with Gasteiger partial charge in [0.15, 0.2) is 11.1 Å². The second-order valence-corrected chi connectivity index (χ2v) is 7.67. The fourth-order valence-electron chi connectivity index (χ4n) is 3.89. The zero-order chi connectivity index (χ0) is 23.7. The summed E-state index contributed by atoms with van der Waals surface area (Å²) in [5.41, 5.74) is 0.0332. The van der Waals surface area contributed by atoms with Crippen LogP contribution in [0.5, 0.6) is 0 Å². The molecule has 0 aliphatic heterocycles. The van der Waals surface area contributed by atoms with E-state index in [0.717, 1.165) is 6.07 Å². The maximum Gasteiger partial charge on any atom is 0.417 e. The zero-order valence-electron chi connectivity index (χ0n) is 17.8. The lowest BCUT2D eigenvalue weighted by molar-refractivity contribution is -0.136. The van der Waals surface area contributed by atoms with Gasteiger partial charge in [0.1, 0.15) is 5.82 Å². The van der Waals surface area contributed by atoms with E-state index in [1.54, 1.807) is 71.3 Å². The fraction of sp³-hybridized carbons (Fsp3) is 0.0370. The first-order chi connectivity index (χ1) is 16.4. The van der Waals surface area contributed by atoms with Crippen molar-refractivity contribution in [3.8, 4) is 16.9 Å². The lowest BCUT2D eigenvalue weighted by Crippen LogP contribution is -2.18. The van der Waals surface area contributed by atoms with Gasteiger partial charge < -0.3 is 5.32 Å². The van der Waals surface area contributed by atoms with Crippen molar-refractivity contribution in [3.05, 3.63) is 119 Å². The Morgan fingerprint density at radius 2 is 1.35 bits per heavy atom. The van der Waals surface area contributed by atoms with Crippen molar-refractivity contribution in [3.63, 3.8) is 0 Å². The Bertz CT molecular complexity index is 1510. The third-order valence-electron chi connectivity index (χ3n) is 5.40. The third-order valence-corrected chi connectivity index (χ3v) is 5.40. The lowest BCUT2D eigenvalue weighted by Gasteiger charge is -2.20. The molecule has 0 fully saturated rings. The molecular weight excluding hydrogens is 439 g/mol. The first-order valence-electron chi connectivity index (χ1n) is 10.5. The molecule has 2 heterocycles. The highest BCUT2D eigenvalue weighted by Gasteiger charge is 2.35. The maximum absolute atomic E-state index is 14.2. The van der Waals surface area contributed by atoms with Gasteiger partial charge in [0, 0.05) is 23.0 Å². The quantitative estimate of drug-likeness (QED) is 0.322. The van der Waals surface area contributed by atoms with Crippen LogP contribution in [-0.2, 0) is 6.18 Å². The third kappa shape index (κ3) is 4.03. The monoisotopic (exact) mass is 457 g/mol. The van der Waals surface area contributed by atoms with E-state index in [-0.39, 0.29) is 11.3 Å². The van der Waals surface area contributed by atoms with Crippen LogP contribution in [0, 0.1) is 0 Å². The van der Waals surface area contributed by atoms with Crippen LogP contribution in [0.2, 0.25) is 0 Å². The van der Waals surface area contributed by atoms with E-state index in [0.29, 0.717) is 22.8 Å². The van der Waals surface area contributed by atoms with Crippen LogP contribution in [-0.4, -0.2) is 9.55 Å². The molecule has 0 aliphatic rings. The molecule has 0 amide bonds. The normalized spacial score (nSPS) is 11.5. The molecule has 0 saturated heterocycles. The van der Waals surface area contributed by atoms with Crippen LogP contribution in [0.4, 0.5) is 24.7 Å². The number of halogens is 3. The summed E-state index contributed by atoms with van der Waals surface area (Å²) in [6.45, 7) is 0. The summed E-state index contributed by atoms with van der Waals surface area (Å²) in [6.07, 6.45) is -4.74. The van der Waals surface area contributed by atoms with Crippen LogP contribution < -0.4 is 10.7 Å². The van der Waals surface area contributed by atoms with Gasteiger partial charge in [0.2, 0.25) is 0 Å². The average Bonchev–Trinajstić information content (AvgIpc) is 2.84. The van der Waals surface area contributed by atoms with Gasteiger partial charge in [-0.15, -0.1) is 0 Å². The summed E-state index contributed by atoms with van der Waals surface area (Å²) < 4.78 is 44.1. The van der Waals surface area contributed by atoms with Gasteiger partial charge in [-0.1, -0.05) is 66.7 Å². The Hall–Kier alpha value is -4.39. The SMILES string of the molecule is O=c1cc(Nc2ccccc2)n(-c2ccccc2)c2nc(-c3ccccc3)cc(C(F)(F)F)c12. The van der Waals surface area contributed by atoms with Crippen molar-refractivity contribution in [2.45, 2.75) is 6.18 Å². The van der Waals surface area contributed by atoms with E-state index in [1.165, 1.54) is 6.07 Å². The molecular formula is C27H18F3N3O. The second-order valence-electron chi connectivity index (χ2n) is 7.67. The van der Waals surface area contributed by atoms with E-state index in [1.807, 2.05) is 24.3 Å². The summed E-state index contributed by atoms with van der Waals surface area (Å²) in [4.78, 5) is 17.7. The molecule has 1 N–H and O–H groups in total. The number of para-hydroxylation sites is 2. The Morgan fingerprint density at radius 1 is 0.765 bits per heavy atom. The smallest absolute Gasteiger partial charge is 0.341 e. The molecule has 7 heteroatoms. The molecule has 0 spiro atoms. The van der Waals surface area contributed by atoms with E-state index >= 15 is 0 Å². The molecule has 5 rings (SSSR count). The number of nitrogens with one attached hydrogen (secondary N) is 1.